The number of rotatable bonds is 3. The van der Waals surface area contributed by atoms with Gasteiger partial charge in [-0.1, -0.05) is 11.6 Å². The highest BCUT2D eigenvalue weighted by molar-refractivity contribution is 6.31. The summed E-state index contributed by atoms with van der Waals surface area (Å²) in [6, 6.07) is 4.97. The largest absolute Gasteiger partial charge is 0.423 e. The molecule has 0 unspecified atom stereocenters. The summed E-state index contributed by atoms with van der Waals surface area (Å²) in [7, 11) is 1.49. The van der Waals surface area contributed by atoms with Crippen LogP contribution in [0, 0.1) is 11.6 Å². The van der Waals surface area contributed by atoms with Crippen molar-refractivity contribution in [3.8, 4) is 0 Å². The number of nitrogens with zero attached hydrogens (tertiary/aromatic N) is 2. The summed E-state index contributed by atoms with van der Waals surface area (Å²) in [6.45, 7) is -1.25. The number of hydrogen-bond donors (Lipinski definition) is 4. The van der Waals surface area contributed by atoms with Crippen LogP contribution in [0.1, 0.15) is 33.2 Å². The predicted molar refractivity (Wildman–Crippen MR) is 127 cm³/mol. The fourth-order valence-electron chi connectivity index (χ4n) is 4.57. The van der Waals surface area contributed by atoms with Gasteiger partial charge in [0, 0.05) is 34.8 Å². The number of carbonyl (C=O) groups excluding carboxylic acids is 2. The average Bonchev–Trinajstić information content (AvgIpc) is 3.35. The highest BCUT2D eigenvalue weighted by atomic mass is 35.5. The van der Waals surface area contributed by atoms with Crippen LogP contribution in [0.2, 0.25) is 5.02 Å². The van der Waals surface area contributed by atoms with Gasteiger partial charge in [0.15, 0.2) is 0 Å². The lowest BCUT2D eigenvalue weighted by Gasteiger charge is -2.27. The van der Waals surface area contributed by atoms with Crippen LogP contribution in [0.25, 0.3) is 0 Å². The SMILES string of the molecule is CNc1cc(NC(=O)N2C[C@@](O)(C(F)(F)F)c3cc(F)ccc32)c2c(n1)C(=O)N[C@@H]2c1cc(F)ccc1Cl. The van der Waals surface area contributed by atoms with Gasteiger partial charge in [-0.3, -0.25) is 9.69 Å². The second-order valence-corrected chi connectivity index (χ2v) is 9.08. The molecule has 0 spiro atoms. The van der Waals surface area contributed by atoms with Gasteiger partial charge in [-0.2, -0.15) is 13.2 Å². The Hall–Kier alpha value is -3.97. The molecule has 0 fully saturated rings. The summed E-state index contributed by atoms with van der Waals surface area (Å²) in [5.74, 6) is -2.20. The molecule has 0 saturated heterocycles. The van der Waals surface area contributed by atoms with E-state index < -0.39 is 53.5 Å². The van der Waals surface area contributed by atoms with Gasteiger partial charge in [-0.05, 0) is 36.4 Å². The van der Waals surface area contributed by atoms with E-state index in [1.165, 1.54) is 19.2 Å². The van der Waals surface area contributed by atoms with Crippen LogP contribution in [0.5, 0.6) is 0 Å². The Bertz CT molecular complexity index is 1500. The van der Waals surface area contributed by atoms with Crippen molar-refractivity contribution in [3.05, 3.63) is 81.5 Å². The Balaban J connectivity index is 1.59. The van der Waals surface area contributed by atoms with Crippen molar-refractivity contribution < 1.29 is 36.6 Å². The number of hydrogen-bond acceptors (Lipinski definition) is 5. The molecule has 3 amide bonds. The van der Waals surface area contributed by atoms with Crippen LogP contribution < -0.4 is 20.9 Å². The molecule has 14 heteroatoms. The van der Waals surface area contributed by atoms with Gasteiger partial charge >= 0.3 is 12.2 Å². The third-order valence-corrected chi connectivity index (χ3v) is 6.74. The molecule has 3 heterocycles. The van der Waals surface area contributed by atoms with E-state index in [1.54, 1.807) is 0 Å². The van der Waals surface area contributed by atoms with E-state index in [-0.39, 0.29) is 39.0 Å². The molecule has 4 N–H and O–H groups in total. The van der Waals surface area contributed by atoms with E-state index in [4.69, 9.17) is 11.6 Å². The number of aromatic nitrogens is 1. The molecular weight excluding hydrogens is 537 g/mol. The van der Waals surface area contributed by atoms with Crippen LogP contribution in [-0.4, -0.2) is 41.8 Å². The number of anilines is 3. The molecule has 2 aromatic carbocycles. The number of pyridine rings is 1. The van der Waals surface area contributed by atoms with Crippen LogP contribution in [0.4, 0.5) is 43.9 Å². The quantitative estimate of drug-likeness (QED) is 0.352. The number of amides is 3. The zero-order valence-electron chi connectivity index (χ0n) is 19.3. The maximum Gasteiger partial charge on any atom is 0.423 e. The second kappa shape index (κ2) is 8.81. The lowest BCUT2D eigenvalue weighted by molar-refractivity contribution is -0.258. The third kappa shape index (κ3) is 3.98. The summed E-state index contributed by atoms with van der Waals surface area (Å²) in [5.41, 5.74) is -4.62. The number of carbonyl (C=O) groups is 2. The minimum Gasteiger partial charge on any atom is -0.375 e. The van der Waals surface area contributed by atoms with E-state index >= 15 is 0 Å². The molecule has 0 radical (unpaired) electrons. The van der Waals surface area contributed by atoms with Crippen molar-refractivity contribution in [3.63, 3.8) is 0 Å². The number of nitrogens with one attached hydrogen (secondary N) is 3. The van der Waals surface area contributed by atoms with E-state index in [2.05, 4.69) is 20.9 Å². The van der Waals surface area contributed by atoms with Gasteiger partial charge in [0.2, 0.25) is 5.60 Å². The number of alkyl halides is 3. The van der Waals surface area contributed by atoms with Crippen molar-refractivity contribution in [2.75, 3.05) is 29.1 Å². The predicted octanol–water partition coefficient (Wildman–Crippen LogP) is 4.69. The van der Waals surface area contributed by atoms with Crippen molar-refractivity contribution >= 4 is 40.7 Å². The molecule has 3 aromatic rings. The maximum absolute atomic E-state index is 14.0. The number of halogens is 6. The van der Waals surface area contributed by atoms with Crippen molar-refractivity contribution in [1.29, 1.82) is 0 Å². The number of aliphatic hydroxyl groups is 1. The number of benzene rings is 2. The first-order valence-corrected chi connectivity index (χ1v) is 11.4. The molecule has 8 nitrogen and oxygen atoms in total. The van der Waals surface area contributed by atoms with E-state index in [1.807, 2.05) is 0 Å². The fraction of sp³-hybridized carbons (Fsp3) is 0.208. The van der Waals surface area contributed by atoms with Gasteiger partial charge < -0.3 is 21.1 Å². The Labute approximate surface area is 216 Å². The Morgan fingerprint density at radius 3 is 2.55 bits per heavy atom. The van der Waals surface area contributed by atoms with Gasteiger partial charge in [0.25, 0.3) is 5.91 Å². The molecule has 5 rings (SSSR count). The molecule has 38 heavy (non-hydrogen) atoms. The summed E-state index contributed by atoms with van der Waals surface area (Å²) in [4.78, 5) is 30.9. The van der Waals surface area contributed by atoms with Gasteiger partial charge in [-0.15, -0.1) is 0 Å². The van der Waals surface area contributed by atoms with Crippen LogP contribution in [0.3, 0.4) is 0 Å². The second-order valence-electron chi connectivity index (χ2n) is 8.68. The zero-order valence-corrected chi connectivity index (χ0v) is 20.0. The van der Waals surface area contributed by atoms with Gasteiger partial charge in [0.05, 0.1) is 24.0 Å². The van der Waals surface area contributed by atoms with Crippen molar-refractivity contribution in [1.82, 2.24) is 10.3 Å². The monoisotopic (exact) mass is 553 g/mol. The Morgan fingerprint density at radius 2 is 1.87 bits per heavy atom. The molecule has 0 aliphatic carbocycles. The zero-order chi connectivity index (χ0) is 27.6. The van der Waals surface area contributed by atoms with E-state index in [0.717, 1.165) is 24.3 Å². The van der Waals surface area contributed by atoms with Gasteiger partial charge in [0.1, 0.15) is 23.1 Å². The maximum atomic E-state index is 14.0. The highest BCUT2D eigenvalue weighted by Gasteiger charge is 2.61. The highest BCUT2D eigenvalue weighted by Crippen LogP contribution is 2.49. The minimum absolute atomic E-state index is 0.0425. The molecule has 2 aliphatic rings. The average molecular weight is 554 g/mol. The summed E-state index contributed by atoms with van der Waals surface area (Å²) in [5, 5.41) is 18.4. The first-order chi connectivity index (χ1) is 17.8. The van der Waals surface area contributed by atoms with Crippen LogP contribution >= 0.6 is 11.6 Å². The van der Waals surface area contributed by atoms with Crippen LogP contribution in [-0.2, 0) is 5.60 Å². The Morgan fingerprint density at radius 1 is 1.18 bits per heavy atom. The first-order valence-electron chi connectivity index (χ1n) is 11.0. The normalized spacial score (nSPS) is 20.2. The minimum atomic E-state index is -5.22. The van der Waals surface area contributed by atoms with E-state index in [0.29, 0.717) is 11.0 Å². The van der Waals surface area contributed by atoms with Gasteiger partial charge in [-0.25, -0.2) is 18.6 Å². The lowest BCUT2D eigenvalue weighted by Crippen LogP contribution is -2.48. The fourth-order valence-corrected chi connectivity index (χ4v) is 4.80. The molecule has 0 saturated carbocycles. The number of β-amino-alcohol motifs (C(OH)–C–C–N with tert-alkyl or cyclic N) is 1. The number of fused-ring (bicyclic) bond motifs is 2. The standard InChI is InChI=1S/C24H17ClF5N5O3/c1-31-17-8-15(18-19(34-21(36)20(18)33-17)12-6-10(26)2-4-14(12)25)32-22(37)35-9-23(38,24(28,29)30)13-7-11(27)3-5-16(13)35/h2-8,19,38H,9H2,1H3,(H,34,36)(H2,31,32,33,37)/t19-,23+/m1/s1. The van der Waals surface area contributed by atoms with E-state index in [9.17, 15) is 36.6 Å². The third-order valence-electron chi connectivity index (χ3n) is 6.40. The van der Waals surface area contributed by atoms with Crippen molar-refractivity contribution in [2.45, 2.75) is 17.8 Å². The number of urea groups is 1. The Kier molecular flexibility index (Phi) is 5.95. The smallest absolute Gasteiger partial charge is 0.375 e. The lowest BCUT2D eigenvalue weighted by atomic mass is 9.95. The summed E-state index contributed by atoms with van der Waals surface area (Å²) in [6.07, 6.45) is -5.22. The molecular formula is C24H17ClF5N5O3. The topological polar surface area (TPSA) is 107 Å². The first kappa shape index (κ1) is 25.7. The summed E-state index contributed by atoms with van der Waals surface area (Å²) < 4.78 is 69.3. The molecule has 0 bridgehead atoms. The van der Waals surface area contributed by atoms with Crippen molar-refractivity contribution in [2.24, 2.45) is 0 Å². The summed E-state index contributed by atoms with van der Waals surface area (Å²) >= 11 is 6.24. The molecule has 198 valence electrons. The van der Waals surface area contributed by atoms with Crippen LogP contribution in [0.15, 0.2) is 42.5 Å². The molecule has 1 aromatic heterocycles. The molecule has 2 aliphatic heterocycles. The molecule has 2 atom stereocenters.